The van der Waals surface area contributed by atoms with Crippen molar-refractivity contribution in [2.75, 3.05) is 6.54 Å². The van der Waals surface area contributed by atoms with E-state index in [4.69, 9.17) is 9.90 Å². The first kappa shape index (κ1) is 34.4. The highest BCUT2D eigenvalue weighted by molar-refractivity contribution is 5.95. The number of carboxylic acids is 1. The Balaban J connectivity index is 0.000000617. The third-order valence-electron chi connectivity index (χ3n) is 8.35. The minimum absolute atomic E-state index is 0.0331. The van der Waals surface area contributed by atoms with Crippen molar-refractivity contribution in [2.45, 2.75) is 64.7 Å². The van der Waals surface area contributed by atoms with Gasteiger partial charge in [0.1, 0.15) is 0 Å². The SMILES string of the molecule is CC1(C)CCC(NCc2ccc(-c3cccc(C(=O)NCCc4ccc(-c5ccccc5)cc4)c3)cc2)CC1.O=C(O)C(F)(F)F. The van der Waals surface area contributed by atoms with Gasteiger partial charge in [-0.05, 0) is 83.0 Å². The van der Waals surface area contributed by atoms with E-state index in [0.29, 0.717) is 23.6 Å². The Morgan fingerprint density at radius 2 is 1.28 bits per heavy atom. The summed E-state index contributed by atoms with van der Waals surface area (Å²) in [6.45, 7) is 6.27. The van der Waals surface area contributed by atoms with E-state index >= 15 is 0 Å². The lowest BCUT2D eigenvalue weighted by Crippen LogP contribution is -2.35. The number of rotatable bonds is 9. The van der Waals surface area contributed by atoms with Crippen LogP contribution in [0.5, 0.6) is 0 Å². The van der Waals surface area contributed by atoms with Crippen LogP contribution in [0.25, 0.3) is 22.3 Å². The Kier molecular flexibility index (Phi) is 11.8. The summed E-state index contributed by atoms with van der Waals surface area (Å²) in [5.74, 6) is -2.79. The third kappa shape index (κ3) is 10.6. The van der Waals surface area contributed by atoms with Gasteiger partial charge in [0.2, 0.25) is 0 Å². The fraction of sp³-hybridized carbons (Fsp3) is 0.316. The van der Waals surface area contributed by atoms with Crippen LogP contribution in [0.3, 0.4) is 0 Å². The van der Waals surface area contributed by atoms with E-state index in [2.05, 4.69) is 103 Å². The second-order valence-corrected chi connectivity index (χ2v) is 12.5. The molecule has 0 saturated heterocycles. The minimum atomic E-state index is -5.08. The van der Waals surface area contributed by atoms with Crippen molar-refractivity contribution in [3.63, 3.8) is 0 Å². The van der Waals surface area contributed by atoms with Gasteiger partial charge in [-0.3, -0.25) is 4.79 Å². The molecule has 1 fully saturated rings. The van der Waals surface area contributed by atoms with Gasteiger partial charge in [0.15, 0.2) is 0 Å². The number of amides is 1. The Morgan fingerprint density at radius 3 is 1.87 bits per heavy atom. The van der Waals surface area contributed by atoms with Gasteiger partial charge in [-0.2, -0.15) is 13.2 Å². The lowest BCUT2D eigenvalue weighted by molar-refractivity contribution is -0.192. The van der Waals surface area contributed by atoms with Crippen molar-refractivity contribution in [3.05, 3.63) is 120 Å². The average Bonchev–Trinajstić information content (AvgIpc) is 3.05. The van der Waals surface area contributed by atoms with Crippen molar-refractivity contribution >= 4 is 11.9 Å². The smallest absolute Gasteiger partial charge is 0.475 e. The number of aliphatic carboxylic acids is 1. The molecule has 8 heteroatoms. The van der Waals surface area contributed by atoms with Crippen molar-refractivity contribution < 1.29 is 27.9 Å². The normalized spacial score (nSPS) is 14.5. The summed E-state index contributed by atoms with van der Waals surface area (Å²) in [4.78, 5) is 21.8. The van der Waals surface area contributed by atoms with Crippen LogP contribution in [-0.4, -0.2) is 35.7 Å². The fourth-order valence-electron chi connectivity index (χ4n) is 5.44. The van der Waals surface area contributed by atoms with Gasteiger partial charge >= 0.3 is 12.1 Å². The molecule has 1 aliphatic rings. The molecule has 4 aromatic rings. The van der Waals surface area contributed by atoms with E-state index in [0.717, 1.165) is 24.1 Å². The molecule has 4 aromatic carbocycles. The summed E-state index contributed by atoms with van der Waals surface area (Å²) in [6.07, 6.45) is 0.848. The number of carboxylic acid groups (broad SMARTS) is 1. The second-order valence-electron chi connectivity index (χ2n) is 12.5. The number of alkyl halides is 3. The molecule has 0 atom stereocenters. The number of carbonyl (C=O) groups excluding carboxylic acids is 1. The van der Waals surface area contributed by atoms with Gasteiger partial charge in [0.25, 0.3) is 5.91 Å². The monoisotopic (exact) mass is 630 g/mol. The average molecular weight is 631 g/mol. The van der Waals surface area contributed by atoms with Gasteiger partial charge in [-0.1, -0.05) is 105 Å². The molecule has 0 heterocycles. The zero-order valence-corrected chi connectivity index (χ0v) is 26.2. The van der Waals surface area contributed by atoms with Crippen LogP contribution >= 0.6 is 0 Å². The van der Waals surface area contributed by atoms with Gasteiger partial charge < -0.3 is 15.7 Å². The van der Waals surface area contributed by atoms with Crippen molar-refractivity contribution in [3.8, 4) is 22.3 Å². The molecule has 1 amide bonds. The van der Waals surface area contributed by atoms with E-state index in [1.54, 1.807) is 0 Å². The molecule has 0 bridgehead atoms. The zero-order chi connectivity index (χ0) is 33.2. The standard InChI is InChI=1S/C36H40N2O.C2HF3O2/c1-36(2)22-19-34(20-23-36)38-26-28-13-17-31(18-14-28)32-9-6-10-33(25-32)35(39)37-24-21-27-11-15-30(16-12-27)29-7-4-3-5-8-29;3-2(4,5)1(6)7/h3-18,25,34,38H,19-24,26H2,1-2H3,(H,37,39);(H,6,7). The maximum Gasteiger partial charge on any atom is 0.490 e. The van der Waals surface area contributed by atoms with Gasteiger partial charge in [-0.15, -0.1) is 0 Å². The molecule has 0 aliphatic heterocycles. The van der Waals surface area contributed by atoms with Crippen LogP contribution in [0.15, 0.2) is 103 Å². The van der Waals surface area contributed by atoms with Crippen LogP contribution in [0.1, 0.15) is 61.0 Å². The van der Waals surface area contributed by atoms with Crippen molar-refractivity contribution in [2.24, 2.45) is 5.41 Å². The van der Waals surface area contributed by atoms with Crippen LogP contribution in [0.2, 0.25) is 0 Å². The van der Waals surface area contributed by atoms with E-state index in [1.165, 1.54) is 47.9 Å². The summed E-state index contributed by atoms with van der Waals surface area (Å²) in [7, 11) is 0. The van der Waals surface area contributed by atoms with Crippen molar-refractivity contribution in [1.82, 2.24) is 10.6 Å². The molecule has 0 unspecified atom stereocenters. The predicted molar refractivity (Wildman–Crippen MR) is 176 cm³/mol. The number of halogens is 3. The molecule has 5 nitrogen and oxygen atoms in total. The van der Waals surface area contributed by atoms with Gasteiger partial charge in [-0.25, -0.2) is 4.79 Å². The molecular weight excluding hydrogens is 589 g/mol. The van der Waals surface area contributed by atoms with Crippen LogP contribution in [-0.2, 0) is 17.8 Å². The molecule has 1 aliphatic carbocycles. The van der Waals surface area contributed by atoms with Gasteiger partial charge in [0, 0.05) is 24.7 Å². The summed E-state index contributed by atoms with van der Waals surface area (Å²) < 4.78 is 31.7. The lowest BCUT2D eigenvalue weighted by atomic mass is 9.75. The molecule has 0 radical (unpaired) electrons. The number of hydrogen-bond acceptors (Lipinski definition) is 3. The number of nitrogens with one attached hydrogen (secondary N) is 2. The molecular formula is C38H41F3N2O3. The molecule has 1 saturated carbocycles. The molecule has 3 N–H and O–H groups in total. The number of hydrogen-bond donors (Lipinski definition) is 3. The number of benzene rings is 4. The fourth-order valence-corrected chi connectivity index (χ4v) is 5.44. The maximum atomic E-state index is 12.9. The van der Waals surface area contributed by atoms with E-state index in [9.17, 15) is 18.0 Å². The maximum absolute atomic E-state index is 12.9. The highest BCUT2D eigenvalue weighted by Gasteiger charge is 2.38. The quantitative estimate of drug-likeness (QED) is 0.173. The molecule has 46 heavy (non-hydrogen) atoms. The first-order valence-corrected chi connectivity index (χ1v) is 15.6. The van der Waals surface area contributed by atoms with Crippen LogP contribution in [0.4, 0.5) is 13.2 Å². The molecule has 0 aromatic heterocycles. The second kappa shape index (κ2) is 15.7. The topological polar surface area (TPSA) is 78.4 Å². The van der Waals surface area contributed by atoms with E-state index < -0.39 is 12.1 Å². The third-order valence-corrected chi connectivity index (χ3v) is 8.35. The van der Waals surface area contributed by atoms with Crippen molar-refractivity contribution in [1.29, 1.82) is 0 Å². The first-order valence-electron chi connectivity index (χ1n) is 15.6. The minimum Gasteiger partial charge on any atom is -0.475 e. The Bertz CT molecular complexity index is 1560. The summed E-state index contributed by atoms with van der Waals surface area (Å²) >= 11 is 0. The summed E-state index contributed by atoms with van der Waals surface area (Å²) in [5, 5.41) is 14.0. The number of carbonyl (C=O) groups is 2. The van der Waals surface area contributed by atoms with E-state index in [1.807, 2.05) is 24.3 Å². The Hall–Kier alpha value is -4.43. The lowest BCUT2D eigenvalue weighted by Gasteiger charge is -2.34. The van der Waals surface area contributed by atoms with Gasteiger partial charge in [0.05, 0.1) is 0 Å². The predicted octanol–water partition coefficient (Wildman–Crippen LogP) is 8.68. The molecule has 5 rings (SSSR count). The van der Waals surface area contributed by atoms with Crippen LogP contribution < -0.4 is 10.6 Å². The highest BCUT2D eigenvalue weighted by Crippen LogP contribution is 2.35. The highest BCUT2D eigenvalue weighted by atomic mass is 19.4. The summed E-state index contributed by atoms with van der Waals surface area (Å²) in [6, 6.07) is 36.2. The van der Waals surface area contributed by atoms with Crippen LogP contribution in [0, 0.1) is 5.41 Å². The summed E-state index contributed by atoms with van der Waals surface area (Å²) in [5.41, 5.74) is 8.32. The molecule has 242 valence electrons. The van der Waals surface area contributed by atoms with E-state index in [-0.39, 0.29) is 5.91 Å². The largest absolute Gasteiger partial charge is 0.490 e. The first-order chi connectivity index (χ1) is 21.9. The Morgan fingerprint density at radius 1 is 0.761 bits per heavy atom. The zero-order valence-electron chi connectivity index (χ0n) is 26.2. The Labute approximate surface area is 268 Å². The molecule has 0 spiro atoms.